The topological polar surface area (TPSA) is 112 Å². The summed E-state index contributed by atoms with van der Waals surface area (Å²) < 4.78 is 12.3. The highest BCUT2D eigenvalue weighted by atomic mass is 16.6. The molecule has 0 bridgehead atoms. The first kappa shape index (κ1) is 23.6. The molecule has 0 radical (unpaired) electrons. The van der Waals surface area contributed by atoms with Crippen LogP contribution in [0.1, 0.15) is 56.5 Å². The van der Waals surface area contributed by atoms with E-state index >= 15 is 0 Å². The first-order valence-electron chi connectivity index (χ1n) is 11.3. The molecule has 1 amide bonds. The molecule has 0 atom stereocenters. The highest BCUT2D eigenvalue weighted by molar-refractivity contribution is 5.72. The first-order chi connectivity index (χ1) is 16.2. The standard InChI is InChI=1S/C24H30N6O4/c1-15-19(26-9-8-25-15)14-30-21-18(27-13-20(28-21)33-5)12-17(22(30)31)16-6-10-29(11-7-16)23(32)34-24(2,3)4/h8-9,12-13,16H,6-7,10-11,14H2,1-5H3. The summed E-state index contributed by atoms with van der Waals surface area (Å²) in [4.78, 5) is 45.5. The zero-order valence-electron chi connectivity index (χ0n) is 20.2. The Bertz CT molecular complexity index is 1260. The largest absolute Gasteiger partial charge is 0.480 e. The number of nitrogens with zero attached hydrogens (tertiary/aromatic N) is 6. The van der Waals surface area contributed by atoms with Gasteiger partial charge in [-0.05, 0) is 52.5 Å². The Balaban J connectivity index is 1.68. The SMILES string of the molecule is COc1cnc2cc(C3CCN(C(=O)OC(C)(C)C)CC3)c(=O)n(Cc3nccnc3C)c2n1. The van der Waals surface area contributed by atoms with Gasteiger partial charge in [-0.1, -0.05) is 0 Å². The molecule has 4 rings (SSSR count). The molecular weight excluding hydrogens is 436 g/mol. The van der Waals surface area contributed by atoms with Gasteiger partial charge in [-0.25, -0.2) is 9.78 Å². The number of ether oxygens (including phenoxy) is 2. The van der Waals surface area contributed by atoms with Crippen molar-refractivity contribution < 1.29 is 14.3 Å². The minimum atomic E-state index is -0.543. The quantitative estimate of drug-likeness (QED) is 0.577. The second-order valence-electron chi connectivity index (χ2n) is 9.44. The number of rotatable bonds is 4. The van der Waals surface area contributed by atoms with Gasteiger partial charge in [0.1, 0.15) is 11.1 Å². The first-order valence-corrected chi connectivity index (χ1v) is 11.3. The molecule has 0 saturated carbocycles. The van der Waals surface area contributed by atoms with E-state index in [1.54, 1.807) is 28.1 Å². The van der Waals surface area contributed by atoms with Crippen LogP contribution in [0.5, 0.6) is 5.88 Å². The van der Waals surface area contributed by atoms with E-state index in [-0.39, 0.29) is 24.1 Å². The van der Waals surface area contributed by atoms with Crippen molar-refractivity contribution in [1.29, 1.82) is 0 Å². The van der Waals surface area contributed by atoms with Crippen LogP contribution in [0.3, 0.4) is 0 Å². The molecule has 1 aliphatic heterocycles. The molecule has 1 fully saturated rings. The minimum absolute atomic E-state index is 0.00584. The zero-order valence-corrected chi connectivity index (χ0v) is 20.2. The Morgan fingerprint density at radius 3 is 2.50 bits per heavy atom. The molecule has 3 aromatic rings. The number of amides is 1. The lowest BCUT2D eigenvalue weighted by Gasteiger charge is -2.33. The molecule has 0 unspecified atom stereocenters. The summed E-state index contributed by atoms with van der Waals surface area (Å²) in [7, 11) is 1.51. The Labute approximate surface area is 198 Å². The van der Waals surface area contributed by atoms with Gasteiger partial charge < -0.3 is 14.4 Å². The van der Waals surface area contributed by atoms with E-state index in [1.807, 2.05) is 33.8 Å². The fraction of sp³-hybridized carbons (Fsp3) is 0.500. The fourth-order valence-electron chi connectivity index (χ4n) is 4.11. The van der Waals surface area contributed by atoms with Crippen LogP contribution in [0.25, 0.3) is 11.2 Å². The van der Waals surface area contributed by atoms with Crippen LogP contribution >= 0.6 is 0 Å². The van der Waals surface area contributed by atoms with Crippen LogP contribution in [0, 0.1) is 6.92 Å². The smallest absolute Gasteiger partial charge is 0.410 e. The second-order valence-corrected chi connectivity index (χ2v) is 9.44. The molecule has 180 valence electrons. The lowest BCUT2D eigenvalue weighted by atomic mass is 9.90. The van der Waals surface area contributed by atoms with E-state index in [2.05, 4.69) is 19.9 Å². The molecule has 1 aliphatic rings. The minimum Gasteiger partial charge on any atom is -0.480 e. The van der Waals surface area contributed by atoms with Crippen molar-refractivity contribution in [1.82, 2.24) is 29.4 Å². The van der Waals surface area contributed by atoms with Gasteiger partial charge in [0.05, 0.1) is 31.2 Å². The predicted molar refractivity (Wildman–Crippen MR) is 126 cm³/mol. The number of carbonyl (C=O) groups excluding carboxylic acids is 1. The van der Waals surface area contributed by atoms with Crippen molar-refractivity contribution in [2.45, 2.75) is 58.6 Å². The number of aryl methyl sites for hydroxylation is 1. The summed E-state index contributed by atoms with van der Waals surface area (Å²) in [6, 6.07) is 1.82. The lowest BCUT2D eigenvalue weighted by Crippen LogP contribution is -2.42. The molecule has 1 saturated heterocycles. The van der Waals surface area contributed by atoms with Crippen LogP contribution in [0.2, 0.25) is 0 Å². The fourth-order valence-corrected chi connectivity index (χ4v) is 4.11. The number of carbonyl (C=O) groups is 1. The van der Waals surface area contributed by atoms with Crippen LogP contribution in [0.4, 0.5) is 4.79 Å². The Kier molecular flexibility index (Phi) is 6.49. The second kappa shape index (κ2) is 9.36. The van der Waals surface area contributed by atoms with Crippen molar-refractivity contribution >= 4 is 17.3 Å². The van der Waals surface area contributed by atoms with E-state index in [0.717, 1.165) is 5.69 Å². The van der Waals surface area contributed by atoms with Gasteiger partial charge in [-0.15, -0.1) is 0 Å². The van der Waals surface area contributed by atoms with E-state index < -0.39 is 5.60 Å². The van der Waals surface area contributed by atoms with Crippen LogP contribution in [-0.2, 0) is 11.3 Å². The third kappa shape index (κ3) is 5.00. The van der Waals surface area contributed by atoms with Gasteiger partial charge in [-0.3, -0.25) is 19.3 Å². The highest BCUT2D eigenvalue weighted by Crippen LogP contribution is 2.28. The van der Waals surface area contributed by atoms with Crippen molar-refractivity contribution in [3.63, 3.8) is 0 Å². The predicted octanol–water partition coefficient (Wildman–Crippen LogP) is 3.06. The summed E-state index contributed by atoms with van der Waals surface area (Å²) in [5.74, 6) is 0.323. The van der Waals surface area contributed by atoms with Crippen LogP contribution < -0.4 is 10.3 Å². The van der Waals surface area contributed by atoms with Gasteiger partial charge >= 0.3 is 6.09 Å². The molecule has 0 N–H and O–H groups in total. The molecule has 10 heteroatoms. The number of pyridine rings is 1. The Morgan fingerprint density at radius 1 is 1.15 bits per heavy atom. The third-order valence-corrected chi connectivity index (χ3v) is 5.89. The number of piperidine rings is 1. The lowest BCUT2D eigenvalue weighted by molar-refractivity contribution is 0.0204. The number of likely N-dealkylation sites (tertiary alicyclic amines) is 1. The van der Waals surface area contributed by atoms with Gasteiger partial charge in [0.2, 0.25) is 5.88 Å². The Morgan fingerprint density at radius 2 is 1.85 bits per heavy atom. The summed E-state index contributed by atoms with van der Waals surface area (Å²) in [6.45, 7) is 8.68. The van der Waals surface area contributed by atoms with E-state index in [9.17, 15) is 9.59 Å². The van der Waals surface area contributed by atoms with Gasteiger partial charge in [-0.2, -0.15) is 4.98 Å². The molecule has 10 nitrogen and oxygen atoms in total. The van der Waals surface area contributed by atoms with Crippen LogP contribution in [0.15, 0.2) is 29.5 Å². The van der Waals surface area contributed by atoms with Gasteiger partial charge in [0.15, 0.2) is 5.65 Å². The maximum absolute atomic E-state index is 13.7. The molecular formula is C24H30N6O4. The Hall–Kier alpha value is -3.56. The van der Waals surface area contributed by atoms with Crippen molar-refractivity contribution in [3.05, 3.63) is 52.0 Å². The molecule has 34 heavy (non-hydrogen) atoms. The highest BCUT2D eigenvalue weighted by Gasteiger charge is 2.29. The average molecular weight is 467 g/mol. The van der Waals surface area contributed by atoms with Gasteiger partial charge in [0.25, 0.3) is 5.56 Å². The van der Waals surface area contributed by atoms with Crippen molar-refractivity contribution in [3.8, 4) is 5.88 Å². The molecule has 3 aromatic heterocycles. The number of fused-ring (bicyclic) bond motifs is 1. The van der Waals surface area contributed by atoms with E-state index in [0.29, 0.717) is 54.2 Å². The summed E-state index contributed by atoms with van der Waals surface area (Å²) >= 11 is 0. The molecule has 0 aromatic carbocycles. The summed E-state index contributed by atoms with van der Waals surface area (Å²) in [6.07, 6.45) is 5.77. The van der Waals surface area contributed by atoms with E-state index in [4.69, 9.17) is 9.47 Å². The van der Waals surface area contributed by atoms with Crippen molar-refractivity contribution in [2.24, 2.45) is 0 Å². The third-order valence-electron chi connectivity index (χ3n) is 5.89. The molecule has 0 spiro atoms. The summed E-state index contributed by atoms with van der Waals surface area (Å²) in [5.41, 5.74) is 2.45. The maximum Gasteiger partial charge on any atom is 0.410 e. The normalized spacial score (nSPS) is 14.9. The average Bonchev–Trinajstić information content (AvgIpc) is 2.80. The number of aromatic nitrogens is 5. The van der Waals surface area contributed by atoms with Crippen molar-refractivity contribution in [2.75, 3.05) is 20.2 Å². The molecule has 4 heterocycles. The monoisotopic (exact) mass is 466 g/mol. The van der Waals surface area contributed by atoms with Gasteiger partial charge in [0, 0.05) is 31.0 Å². The number of hydrogen-bond donors (Lipinski definition) is 0. The number of hydrogen-bond acceptors (Lipinski definition) is 8. The zero-order chi connectivity index (χ0) is 24.5. The molecule has 0 aliphatic carbocycles. The summed E-state index contributed by atoms with van der Waals surface area (Å²) in [5, 5.41) is 0. The maximum atomic E-state index is 13.7. The van der Waals surface area contributed by atoms with E-state index in [1.165, 1.54) is 7.11 Å². The van der Waals surface area contributed by atoms with Crippen LogP contribution in [-0.4, -0.2) is 61.3 Å². The number of methoxy groups -OCH3 is 1.